The van der Waals surface area contributed by atoms with Gasteiger partial charge >= 0.3 is 5.97 Å². The number of aryl methyl sites for hydroxylation is 1. The van der Waals surface area contributed by atoms with Crippen molar-refractivity contribution in [2.45, 2.75) is 9.79 Å². The Kier molecular flexibility index (Phi) is 3.81. The van der Waals surface area contributed by atoms with Crippen molar-refractivity contribution in [2.24, 2.45) is 7.05 Å². The fourth-order valence-electron chi connectivity index (χ4n) is 4.03. The number of methoxy groups -OCH3 is 2. The summed E-state index contributed by atoms with van der Waals surface area (Å²) in [5.74, 6) is 0.521. The van der Waals surface area contributed by atoms with E-state index in [9.17, 15) is 4.79 Å². The van der Waals surface area contributed by atoms with E-state index >= 15 is 0 Å². The highest BCUT2D eigenvalue weighted by Gasteiger charge is 2.29. The molecule has 1 aliphatic rings. The molecule has 5 heteroatoms. The minimum atomic E-state index is -0.312. The number of aromatic nitrogens is 1. The molecule has 2 heterocycles. The van der Waals surface area contributed by atoms with Gasteiger partial charge in [0.25, 0.3) is 0 Å². The number of nitrogens with zero attached hydrogens (tertiary/aromatic N) is 1. The highest BCUT2D eigenvalue weighted by molar-refractivity contribution is 8.00. The van der Waals surface area contributed by atoms with Crippen LogP contribution in [0.4, 0.5) is 0 Å². The molecule has 4 nitrogen and oxygen atoms in total. The van der Waals surface area contributed by atoms with Gasteiger partial charge in [0.2, 0.25) is 11.0 Å². The highest BCUT2D eigenvalue weighted by Crippen LogP contribution is 2.50. The van der Waals surface area contributed by atoms with Crippen LogP contribution >= 0.6 is 11.8 Å². The van der Waals surface area contributed by atoms with Crippen LogP contribution in [0.15, 0.2) is 64.4 Å². The summed E-state index contributed by atoms with van der Waals surface area (Å²) in [6, 6.07) is 18.2. The smallest absolute Gasteiger partial charge is 0.338 e. The topological polar surface area (TPSA) is 39.4 Å². The molecule has 138 valence electrons. The van der Waals surface area contributed by atoms with E-state index in [0.29, 0.717) is 5.56 Å². The second kappa shape index (κ2) is 6.24. The number of carbonyl (C=O) groups is 1. The zero-order valence-electron chi connectivity index (χ0n) is 15.8. The van der Waals surface area contributed by atoms with Crippen LogP contribution in [0.1, 0.15) is 10.4 Å². The predicted molar refractivity (Wildman–Crippen MR) is 110 cm³/mol. The number of hydrogen-bond donors (Lipinski definition) is 0. The van der Waals surface area contributed by atoms with Crippen molar-refractivity contribution in [3.8, 4) is 16.9 Å². The fraction of sp³-hybridized carbons (Fsp3) is 0.130. The van der Waals surface area contributed by atoms with Crippen LogP contribution in [-0.2, 0) is 11.8 Å². The van der Waals surface area contributed by atoms with Gasteiger partial charge in [-0.15, -0.1) is 0 Å². The van der Waals surface area contributed by atoms with E-state index < -0.39 is 0 Å². The molecule has 4 aromatic rings. The van der Waals surface area contributed by atoms with Gasteiger partial charge in [0.15, 0.2) is 0 Å². The minimum Gasteiger partial charge on any atom is -0.497 e. The molecular formula is C23H18NO3S+. The molecule has 28 heavy (non-hydrogen) atoms. The van der Waals surface area contributed by atoms with Crippen molar-refractivity contribution in [1.82, 2.24) is 0 Å². The van der Waals surface area contributed by atoms with Gasteiger partial charge in [0, 0.05) is 21.4 Å². The van der Waals surface area contributed by atoms with Crippen molar-refractivity contribution < 1.29 is 18.8 Å². The van der Waals surface area contributed by atoms with Gasteiger partial charge in [-0.2, -0.15) is 4.57 Å². The fourth-order valence-corrected chi connectivity index (χ4v) is 5.32. The second-order valence-corrected chi connectivity index (χ2v) is 7.80. The predicted octanol–water partition coefficient (Wildman–Crippen LogP) is 4.74. The first kappa shape index (κ1) is 17.1. The molecule has 0 radical (unpaired) electrons. The van der Waals surface area contributed by atoms with E-state index in [2.05, 4.69) is 41.9 Å². The molecule has 0 N–H and O–H groups in total. The van der Waals surface area contributed by atoms with E-state index in [4.69, 9.17) is 9.47 Å². The average Bonchev–Trinajstić information content (AvgIpc) is 2.75. The summed E-state index contributed by atoms with van der Waals surface area (Å²) in [4.78, 5) is 14.7. The first-order chi connectivity index (χ1) is 13.6. The lowest BCUT2D eigenvalue weighted by molar-refractivity contribution is -0.617. The summed E-state index contributed by atoms with van der Waals surface area (Å²) in [5.41, 5.74) is 4.84. The van der Waals surface area contributed by atoms with Crippen LogP contribution in [-0.4, -0.2) is 20.2 Å². The number of fused-ring (bicyclic) bond motifs is 4. The lowest BCUT2D eigenvalue weighted by Gasteiger charge is -2.22. The maximum atomic E-state index is 12.4. The largest absolute Gasteiger partial charge is 0.497 e. The average molecular weight is 388 g/mol. The van der Waals surface area contributed by atoms with Crippen LogP contribution < -0.4 is 9.30 Å². The van der Waals surface area contributed by atoms with Gasteiger partial charge < -0.3 is 9.47 Å². The Labute approximate surface area is 166 Å². The lowest BCUT2D eigenvalue weighted by Crippen LogP contribution is -2.30. The van der Waals surface area contributed by atoms with E-state index in [0.717, 1.165) is 38.2 Å². The van der Waals surface area contributed by atoms with E-state index in [1.807, 2.05) is 24.3 Å². The molecule has 0 aliphatic carbocycles. The Bertz CT molecular complexity index is 1300. The monoisotopic (exact) mass is 388 g/mol. The van der Waals surface area contributed by atoms with Crippen molar-refractivity contribution in [3.63, 3.8) is 0 Å². The molecule has 0 saturated carbocycles. The van der Waals surface area contributed by atoms with Gasteiger partial charge in [-0.25, -0.2) is 4.79 Å². The maximum Gasteiger partial charge on any atom is 0.338 e. The van der Waals surface area contributed by atoms with E-state index in [1.54, 1.807) is 18.9 Å². The van der Waals surface area contributed by atoms with E-state index in [-0.39, 0.29) is 5.97 Å². The summed E-state index contributed by atoms with van der Waals surface area (Å²) in [7, 11) is 5.17. The minimum absolute atomic E-state index is 0.312. The Morgan fingerprint density at radius 2 is 1.82 bits per heavy atom. The molecule has 0 atom stereocenters. The SMILES string of the molecule is COC(=O)c1cccc2c1-c1cccc3c1c(c1ccc(OC)cc1[n+]3C)S2. The molecule has 0 saturated heterocycles. The summed E-state index contributed by atoms with van der Waals surface area (Å²) in [6.07, 6.45) is 0. The first-order valence-electron chi connectivity index (χ1n) is 8.96. The molecule has 0 fully saturated rings. The quantitative estimate of drug-likeness (QED) is 0.249. The second-order valence-electron chi connectivity index (χ2n) is 6.74. The van der Waals surface area contributed by atoms with Crippen molar-refractivity contribution in [2.75, 3.05) is 14.2 Å². The number of esters is 1. The van der Waals surface area contributed by atoms with Gasteiger partial charge in [-0.05, 0) is 29.8 Å². The van der Waals surface area contributed by atoms with Gasteiger partial charge in [-0.3, -0.25) is 0 Å². The molecule has 0 spiro atoms. The summed E-state index contributed by atoms with van der Waals surface area (Å²) >= 11 is 1.71. The number of pyridine rings is 1. The highest BCUT2D eigenvalue weighted by atomic mass is 32.2. The third-order valence-corrected chi connectivity index (χ3v) is 6.54. The standard InChI is InChI=1S/C23H18NO3S/c1-24-17-8-4-6-15-20-16(23(25)27-3)7-5-9-19(20)28-22(21(15)17)14-11-10-13(26-2)12-18(14)24/h4-12H,1-3H3/q+1. The molecule has 0 amide bonds. The number of rotatable bonds is 2. The molecule has 5 rings (SSSR count). The van der Waals surface area contributed by atoms with Crippen LogP contribution in [0.25, 0.3) is 32.9 Å². The lowest BCUT2D eigenvalue weighted by atomic mass is 9.94. The maximum absolute atomic E-state index is 12.4. The number of carbonyl (C=O) groups excluding carboxylic acids is 1. The Morgan fingerprint density at radius 1 is 1.00 bits per heavy atom. The molecule has 0 unspecified atom stereocenters. The normalized spacial score (nSPS) is 12.1. The molecular weight excluding hydrogens is 370 g/mol. The van der Waals surface area contributed by atoms with Crippen LogP contribution in [0.5, 0.6) is 5.75 Å². The Hall–Kier alpha value is -3.05. The van der Waals surface area contributed by atoms with Gasteiger partial charge in [-0.1, -0.05) is 30.0 Å². The number of hydrogen-bond acceptors (Lipinski definition) is 4. The van der Waals surface area contributed by atoms with Gasteiger partial charge in [0.1, 0.15) is 12.8 Å². The summed E-state index contributed by atoms with van der Waals surface area (Å²) in [6.45, 7) is 0. The number of ether oxygens (including phenoxy) is 2. The molecule has 1 aromatic heterocycles. The molecule has 0 bridgehead atoms. The number of benzene rings is 3. The third-order valence-electron chi connectivity index (χ3n) is 5.35. The summed E-state index contributed by atoms with van der Waals surface area (Å²) in [5, 5.41) is 2.33. The van der Waals surface area contributed by atoms with Crippen molar-refractivity contribution >= 4 is 39.5 Å². The van der Waals surface area contributed by atoms with Crippen molar-refractivity contribution in [1.29, 1.82) is 0 Å². The van der Waals surface area contributed by atoms with Crippen LogP contribution in [0.2, 0.25) is 0 Å². The van der Waals surface area contributed by atoms with Gasteiger partial charge in [0.05, 0.1) is 36.6 Å². The zero-order valence-corrected chi connectivity index (χ0v) is 16.6. The molecule has 1 aliphatic heterocycles. The Balaban J connectivity index is 1.95. The van der Waals surface area contributed by atoms with Crippen LogP contribution in [0.3, 0.4) is 0 Å². The van der Waals surface area contributed by atoms with Crippen molar-refractivity contribution in [3.05, 3.63) is 60.2 Å². The zero-order chi connectivity index (χ0) is 19.4. The summed E-state index contributed by atoms with van der Waals surface area (Å²) < 4.78 is 12.7. The van der Waals surface area contributed by atoms with E-state index in [1.165, 1.54) is 17.4 Å². The first-order valence-corrected chi connectivity index (χ1v) is 9.77. The van der Waals surface area contributed by atoms with Crippen LogP contribution in [0, 0.1) is 0 Å². The Morgan fingerprint density at radius 3 is 2.61 bits per heavy atom. The molecule has 3 aromatic carbocycles. The third kappa shape index (κ3) is 2.26.